The van der Waals surface area contributed by atoms with Crippen LogP contribution in [0.5, 0.6) is 5.75 Å². The quantitative estimate of drug-likeness (QED) is 0.540. The van der Waals surface area contributed by atoms with Gasteiger partial charge < -0.3 is 9.30 Å². The van der Waals surface area contributed by atoms with Crippen molar-refractivity contribution in [1.29, 1.82) is 0 Å². The summed E-state index contributed by atoms with van der Waals surface area (Å²) < 4.78 is 7.76. The first kappa shape index (κ1) is 15.9. The fourth-order valence-corrected chi connectivity index (χ4v) is 3.32. The number of carbonyl (C=O) groups is 1. The maximum Gasteiger partial charge on any atom is 0.311 e. The summed E-state index contributed by atoms with van der Waals surface area (Å²) in [5.41, 5.74) is 0.842. The van der Waals surface area contributed by atoms with E-state index in [-0.39, 0.29) is 17.0 Å². The van der Waals surface area contributed by atoms with Crippen LogP contribution >= 0.6 is 11.3 Å². The van der Waals surface area contributed by atoms with E-state index in [2.05, 4.69) is 4.99 Å². The molecule has 0 saturated carbocycles. The minimum absolute atomic E-state index is 0.101. The number of nitro groups is 1. The maximum absolute atomic E-state index is 12.4. The smallest absolute Gasteiger partial charge is 0.311 e. The first-order chi connectivity index (χ1) is 11.5. The first-order valence-electron chi connectivity index (χ1n) is 6.97. The van der Waals surface area contributed by atoms with Gasteiger partial charge >= 0.3 is 5.69 Å². The normalized spacial score (nSPS) is 11.7. The SMILES string of the molecule is COc1ccc(C(=O)N=c2sc3ccccc3n2C)cc1[N+](=O)[O-]. The minimum atomic E-state index is -0.588. The molecular weight excluding hydrogens is 330 g/mol. The van der Waals surface area contributed by atoms with Crippen LogP contribution in [0.15, 0.2) is 47.5 Å². The van der Waals surface area contributed by atoms with E-state index in [9.17, 15) is 14.9 Å². The Kier molecular flexibility index (Phi) is 4.13. The lowest BCUT2D eigenvalue weighted by Gasteiger charge is -2.02. The number of aromatic nitrogens is 1. The fourth-order valence-electron chi connectivity index (χ4n) is 2.31. The van der Waals surface area contributed by atoms with Crippen LogP contribution in [0.3, 0.4) is 0 Å². The van der Waals surface area contributed by atoms with Crippen molar-refractivity contribution in [2.75, 3.05) is 7.11 Å². The first-order valence-corrected chi connectivity index (χ1v) is 7.79. The number of amides is 1. The van der Waals surface area contributed by atoms with Gasteiger partial charge in [0.15, 0.2) is 10.6 Å². The molecule has 0 atom stereocenters. The van der Waals surface area contributed by atoms with Crippen LogP contribution in [-0.2, 0) is 7.05 Å². The predicted octanol–water partition coefficient (Wildman–Crippen LogP) is 2.90. The van der Waals surface area contributed by atoms with Gasteiger partial charge in [0.1, 0.15) is 0 Å². The summed E-state index contributed by atoms with van der Waals surface area (Å²) in [7, 11) is 3.16. The van der Waals surface area contributed by atoms with Crippen molar-refractivity contribution in [2.24, 2.45) is 12.0 Å². The number of nitro benzene ring substituents is 1. The molecule has 3 rings (SSSR count). The molecule has 0 unspecified atom stereocenters. The summed E-state index contributed by atoms with van der Waals surface area (Å²) >= 11 is 1.38. The molecule has 2 aromatic carbocycles. The van der Waals surface area contributed by atoms with Crippen molar-refractivity contribution >= 4 is 33.1 Å². The molecule has 0 aliphatic heterocycles. The zero-order valence-corrected chi connectivity index (χ0v) is 13.7. The van der Waals surface area contributed by atoms with Crippen LogP contribution in [0.25, 0.3) is 10.2 Å². The Bertz CT molecular complexity index is 1020. The number of nitrogens with zero attached hydrogens (tertiary/aromatic N) is 3. The van der Waals surface area contributed by atoms with Crippen LogP contribution in [0.4, 0.5) is 5.69 Å². The molecule has 122 valence electrons. The van der Waals surface area contributed by atoms with Gasteiger partial charge in [-0.05, 0) is 24.3 Å². The van der Waals surface area contributed by atoms with Crippen molar-refractivity contribution in [3.05, 3.63) is 62.9 Å². The Balaban J connectivity index is 2.07. The average Bonchev–Trinajstić information content (AvgIpc) is 2.90. The number of thiazole rings is 1. The lowest BCUT2D eigenvalue weighted by atomic mass is 10.2. The molecule has 1 aromatic heterocycles. The lowest BCUT2D eigenvalue weighted by molar-refractivity contribution is -0.385. The summed E-state index contributed by atoms with van der Waals surface area (Å²) in [6, 6.07) is 11.7. The van der Waals surface area contributed by atoms with Crippen LogP contribution in [0.1, 0.15) is 10.4 Å². The molecule has 24 heavy (non-hydrogen) atoms. The number of methoxy groups -OCH3 is 1. The predicted molar refractivity (Wildman–Crippen MR) is 90.3 cm³/mol. The number of hydrogen-bond donors (Lipinski definition) is 0. The molecule has 1 heterocycles. The molecule has 0 fully saturated rings. The van der Waals surface area contributed by atoms with Gasteiger partial charge in [-0.25, -0.2) is 0 Å². The van der Waals surface area contributed by atoms with Crippen LogP contribution < -0.4 is 9.54 Å². The van der Waals surface area contributed by atoms with Crippen LogP contribution in [0.2, 0.25) is 0 Å². The highest BCUT2D eigenvalue weighted by Gasteiger charge is 2.18. The molecule has 3 aromatic rings. The van der Waals surface area contributed by atoms with Crippen molar-refractivity contribution in [3.63, 3.8) is 0 Å². The second-order valence-electron chi connectivity index (χ2n) is 4.97. The standard InChI is InChI=1S/C16H13N3O4S/c1-18-11-5-3-4-6-14(11)24-16(18)17-15(20)10-7-8-13(23-2)12(9-10)19(21)22/h3-9H,1-2H3. The number of carbonyl (C=O) groups excluding carboxylic acids is 1. The van der Waals surface area contributed by atoms with Gasteiger partial charge in [-0.3, -0.25) is 14.9 Å². The van der Waals surface area contributed by atoms with E-state index >= 15 is 0 Å². The second-order valence-corrected chi connectivity index (χ2v) is 5.98. The third-order valence-corrected chi connectivity index (χ3v) is 4.65. The molecule has 0 bridgehead atoms. The molecule has 0 saturated heterocycles. The van der Waals surface area contributed by atoms with Crippen molar-refractivity contribution < 1.29 is 14.5 Å². The molecule has 0 radical (unpaired) electrons. The highest BCUT2D eigenvalue weighted by molar-refractivity contribution is 7.16. The number of ether oxygens (including phenoxy) is 1. The molecule has 8 heteroatoms. The Labute approximate surface area is 140 Å². The Morgan fingerprint density at radius 3 is 2.71 bits per heavy atom. The molecule has 0 N–H and O–H groups in total. The molecule has 1 amide bonds. The van der Waals surface area contributed by atoms with Gasteiger partial charge in [0.2, 0.25) is 0 Å². The molecule has 7 nitrogen and oxygen atoms in total. The third-order valence-electron chi connectivity index (χ3n) is 3.53. The highest BCUT2D eigenvalue weighted by atomic mass is 32.1. The van der Waals surface area contributed by atoms with Gasteiger partial charge in [0.05, 0.1) is 22.2 Å². The number of aryl methyl sites for hydroxylation is 1. The number of rotatable bonds is 3. The summed E-state index contributed by atoms with van der Waals surface area (Å²) in [6.45, 7) is 0. The summed E-state index contributed by atoms with van der Waals surface area (Å²) in [6.07, 6.45) is 0. The third kappa shape index (κ3) is 2.79. The summed E-state index contributed by atoms with van der Waals surface area (Å²) in [5, 5.41) is 11.1. The maximum atomic E-state index is 12.4. The Hall–Kier alpha value is -3.00. The fraction of sp³-hybridized carbons (Fsp3) is 0.125. The zero-order valence-electron chi connectivity index (χ0n) is 12.9. The van der Waals surface area contributed by atoms with Crippen LogP contribution in [0, 0.1) is 10.1 Å². The molecule has 0 aliphatic rings. The van der Waals surface area contributed by atoms with Crippen molar-refractivity contribution in [2.45, 2.75) is 0 Å². The minimum Gasteiger partial charge on any atom is -0.490 e. The largest absolute Gasteiger partial charge is 0.490 e. The average molecular weight is 343 g/mol. The topological polar surface area (TPSA) is 86.7 Å². The molecular formula is C16H13N3O4S. The van der Waals surface area contributed by atoms with Crippen LogP contribution in [-0.4, -0.2) is 22.5 Å². The van der Waals surface area contributed by atoms with E-state index in [0.29, 0.717) is 4.80 Å². The van der Waals surface area contributed by atoms with E-state index in [1.165, 1.54) is 36.6 Å². The van der Waals surface area contributed by atoms with E-state index < -0.39 is 10.8 Å². The van der Waals surface area contributed by atoms with Crippen molar-refractivity contribution in [3.8, 4) is 5.75 Å². The van der Waals surface area contributed by atoms with Gasteiger partial charge in [-0.2, -0.15) is 4.99 Å². The number of para-hydroxylation sites is 1. The van der Waals surface area contributed by atoms with E-state index in [0.717, 1.165) is 10.2 Å². The second kappa shape index (κ2) is 6.25. The Morgan fingerprint density at radius 2 is 2.04 bits per heavy atom. The summed E-state index contributed by atoms with van der Waals surface area (Å²) in [5.74, 6) is -0.438. The van der Waals surface area contributed by atoms with Gasteiger partial charge in [-0.15, -0.1) is 0 Å². The van der Waals surface area contributed by atoms with Gasteiger partial charge in [0, 0.05) is 18.7 Å². The molecule has 0 aliphatic carbocycles. The van der Waals surface area contributed by atoms with Gasteiger partial charge in [-0.1, -0.05) is 23.5 Å². The van der Waals surface area contributed by atoms with Gasteiger partial charge in [0.25, 0.3) is 5.91 Å². The number of benzene rings is 2. The monoisotopic (exact) mass is 343 g/mol. The van der Waals surface area contributed by atoms with E-state index in [1.54, 1.807) is 0 Å². The zero-order chi connectivity index (χ0) is 17.3. The van der Waals surface area contributed by atoms with E-state index in [1.807, 2.05) is 35.9 Å². The highest BCUT2D eigenvalue weighted by Crippen LogP contribution is 2.27. The number of fused-ring (bicyclic) bond motifs is 1. The lowest BCUT2D eigenvalue weighted by Crippen LogP contribution is -2.13. The van der Waals surface area contributed by atoms with E-state index in [4.69, 9.17) is 4.74 Å². The summed E-state index contributed by atoms with van der Waals surface area (Å²) in [4.78, 5) is 27.5. The molecule has 0 spiro atoms. The Morgan fingerprint density at radius 1 is 1.29 bits per heavy atom. The number of hydrogen-bond acceptors (Lipinski definition) is 5. The van der Waals surface area contributed by atoms with Crippen molar-refractivity contribution in [1.82, 2.24) is 4.57 Å².